The number of hydrogen-bond acceptors (Lipinski definition) is 10. The number of hydrogen-bond donors (Lipinski definition) is 4. The Balaban J connectivity index is 1.37. The van der Waals surface area contributed by atoms with Crippen molar-refractivity contribution < 1.29 is 44.2 Å². The minimum Gasteiger partial charge on any atom is -0.504 e. The first-order chi connectivity index (χ1) is 16.3. The quantitative estimate of drug-likeness (QED) is 0.325. The summed E-state index contributed by atoms with van der Waals surface area (Å²) in [6.45, 7) is 0.855. The average Bonchev–Trinajstić information content (AvgIpc) is 3.19. The van der Waals surface area contributed by atoms with E-state index in [1.807, 2.05) is 12.1 Å². The van der Waals surface area contributed by atoms with Crippen molar-refractivity contribution in [3.63, 3.8) is 0 Å². The van der Waals surface area contributed by atoms with Crippen LogP contribution >= 0.6 is 0 Å². The fourth-order valence-electron chi connectivity index (χ4n) is 6.76. The van der Waals surface area contributed by atoms with Crippen LogP contribution in [0.3, 0.4) is 0 Å². The number of piperidine rings is 1. The molecular weight excluding hydrogens is 446 g/mol. The van der Waals surface area contributed by atoms with Gasteiger partial charge in [-0.1, -0.05) is 18.2 Å². The smallest absolute Gasteiger partial charge is 0.337 e. The molecule has 1 aromatic carbocycles. The van der Waals surface area contributed by atoms with E-state index >= 15 is 0 Å². The summed E-state index contributed by atoms with van der Waals surface area (Å²) in [4.78, 5) is 14.4. The molecule has 3 aliphatic heterocycles. The van der Waals surface area contributed by atoms with Crippen molar-refractivity contribution in [2.24, 2.45) is 5.92 Å². The van der Waals surface area contributed by atoms with Crippen LogP contribution in [0.5, 0.6) is 11.5 Å². The van der Waals surface area contributed by atoms with Crippen molar-refractivity contribution in [3.05, 3.63) is 35.4 Å². The molecule has 2 aliphatic carbocycles. The molecule has 34 heavy (non-hydrogen) atoms. The Hall–Kier alpha value is -2.21. The molecule has 0 amide bonds. The van der Waals surface area contributed by atoms with Crippen LogP contribution in [-0.4, -0.2) is 101 Å². The maximum absolute atomic E-state index is 12.1. The molecule has 6 rings (SSSR count). The van der Waals surface area contributed by atoms with E-state index in [0.717, 1.165) is 37.6 Å². The molecule has 2 unspecified atom stereocenters. The largest absolute Gasteiger partial charge is 0.504 e. The molecule has 10 nitrogen and oxygen atoms in total. The van der Waals surface area contributed by atoms with E-state index in [0.29, 0.717) is 5.75 Å². The van der Waals surface area contributed by atoms with Gasteiger partial charge in [0.25, 0.3) is 0 Å². The molecule has 1 aromatic rings. The SMILES string of the molecule is COC(=O)[C@H]1OC(O[C@H]2C=CC3[C@H]4Cc5ccc(O)c6c5[C@@]3(CCN4C)[C@H]2O6)[C@H](O)[C@@H](O)[C@@H]1O. The zero-order valence-corrected chi connectivity index (χ0v) is 18.9. The molecule has 2 bridgehead atoms. The first kappa shape index (κ1) is 22.3. The summed E-state index contributed by atoms with van der Waals surface area (Å²) >= 11 is 0. The van der Waals surface area contributed by atoms with Crippen molar-refractivity contribution in [3.8, 4) is 11.5 Å². The Morgan fingerprint density at radius 2 is 1.97 bits per heavy atom. The van der Waals surface area contributed by atoms with Crippen LogP contribution in [0.1, 0.15) is 17.5 Å². The maximum atomic E-state index is 12.1. The molecule has 0 aromatic heterocycles. The second kappa shape index (κ2) is 7.64. The molecule has 0 saturated carbocycles. The third kappa shape index (κ3) is 2.81. The van der Waals surface area contributed by atoms with Crippen LogP contribution in [0.25, 0.3) is 0 Å². The maximum Gasteiger partial charge on any atom is 0.337 e. The van der Waals surface area contributed by atoms with E-state index in [-0.39, 0.29) is 17.7 Å². The second-order valence-corrected chi connectivity index (χ2v) is 9.96. The predicted molar refractivity (Wildman–Crippen MR) is 115 cm³/mol. The zero-order valence-electron chi connectivity index (χ0n) is 18.9. The number of carbonyl (C=O) groups is 1. The number of aliphatic hydroxyl groups excluding tert-OH is 3. The summed E-state index contributed by atoms with van der Waals surface area (Å²) in [5.41, 5.74) is 1.76. The first-order valence-corrected chi connectivity index (χ1v) is 11.6. The third-order valence-corrected chi connectivity index (χ3v) is 8.42. The van der Waals surface area contributed by atoms with E-state index in [4.69, 9.17) is 14.2 Å². The van der Waals surface area contributed by atoms with Gasteiger partial charge >= 0.3 is 5.97 Å². The standard InChI is InChI=1S/C24H29NO9/c1-25-8-7-24-11-4-6-14(32-23-18(29)16(27)17(28)20(34-23)22(30)31-2)21(24)33-19-13(26)5-3-10(15(19)24)9-12(11)25/h3-6,11-12,14,16-18,20-21,23,26-29H,7-9H2,1-2H3/t11?,12-,14+,16+,17+,18-,20+,21+,23?,24+/m1/s1. The molecule has 5 aliphatic rings. The van der Waals surface area contributed by atoms with Gasteiger partial charge in [-0.2, -0.15) is 0 Å². The van der Waals surface area contributed by atoms with Crippen LogP contribution in [0.4, 0.5) is 0 Å². The molecule has 1 spiro atoms. The van der Waals surface area contributed by atoms with Crippen LogP contribution in [0.15, 0.2) is 24.3 Å². The fourth-order valence-corrected chi connectivity index (χ4v) is 6.76. The number of likely N-dealkylation sites (tertiary alicyclic amines) is 1. The van der Waals surface area contributed by atoms with Gasteiger partial charge < -0.3 is 44.3 Å². The molecular formula is C24H29NO9. The second-order valence-electron chi connectivity index (χ2n) is 9.96. The summed E-state index contributed by atoms with van der Waals surface area (Å²) in [5, 5.41) is 41.7. The summed E-state index contributed by atoms with van der Waals surface area (Å²) in [5.74, 6) is -0.176. The monoisotopic (exact) mass is 475 g/mol. The van der Waals surface area contributed by atoms with Gasteiger partial charge in [0, 0.05) is 22.9 Å². The van der Waals surface area contributed by atoms with Gasteiger partial charge in [0.05, 0.1) is 7.11 Å². The van der Waals surface area contributed by atoms with Gasteiger partial charge in [0.1, 0.15) is 30.5 Å². The number of methoxy groups -OCH3 is 1. The molecule has 10 heteroatoms. The van der Waals surface area contributed by atoms with Crippen molar-refractivity contribution in [1.29, 1.82) is 0 Å². The number of esters is 1. The van der Waals surface area contributed by atoms with E-state index in [1.165, 1.54) is 0 Å². The Morgan fingerprint density at radius 1 is 1.18 bits per heavy atom. The average molecular weight is 475 g/mol. The number of carbonyl (C=O) groups excluding carboxylic acids is 1. The molecule has 2 saturated heterocycles. The highest BCUT2D eigenvalue weighted by Crippen LogP contribution is 2.62. The van der Waals surface area contributed by atoms with Gasteiger partial charge in [0.2, 0.25) is 0 Å². The molecule has 10 atom stereocenters. The highest BCUT2D eigenvalue weighted by Gasteiger charge is 2.65. The predicted octanol–water partition coefficient (Wildman–Crippen LogP) is -0.797. The van der Waals surface area contributed by atoms with Crippen LogP contribution in [0, 0.1) is 5.92 Å². The van der Waals surface area contributed by atoms with Gasteiger partial charge in [-0.3, -0.25) is 0 Å². The Labute approximate surface area is 196 Å². The van der Waals surface area contributed by atoms with Crippen molar-refractivity contribution in [1.82, 2.24) is 4.90 Å². The summed E-state index contributed by atoms with van der Waals surface area (Å²) < 4.78 is 22.8. The summed E-state index contributed by atoms with van der Waals surface area (Å²) in [6.07, 6.45) is -3.40. The van der Waals surface area contributed by atoms with Crippen LogP contribution in [0.2, 0.25) is 0 Å². The minimum atomic E-state index is -1.67. The number of ether oxygens (including phenoxy) is 4. The highest BCUT2D eigenvalue weighted by molar-refractivity contribution is 5.75. The molecule has 184 valence electrons. The number of rotatable bonds is 3. The number of aliphatic hydroxyl groups is 3. The van der Waals surface area contributed by atoms with Crippen molar-refractivity contribution in [2.45, 2.75) is 67.2 Å². The van der Waals surface area contributed by atoms with Crippen molar-refractivity contribution >= 4 is 5.97 Å². The number of benzene rings is 1. The Bertz CT molecular complexity index is 1050. The van der Waals surface area contributed by atoms with Gasteiger partial charge in [-0.05, 0) is 38.1 Å². The van der Waals surface area contributed by atoms with E-state index in [1.54, 1.807) is 6.07 Å². The lowest BCUT2D eigenvalue weighted by Crippen LogP contribution is -2.66. The normalized spacial score (nSPS) is 44.3. The highest BCUT2D eigenvalue weighted by atomic mass is 16.7. The Morgan fingerprint density at radius 3 is 2.74 bits per heavy atom. The third-order valence-electron chi connectivity index (χ3n) is 8.42. The lowest BCUT2D eigenvalue weighted by molar-refractivity contribution is -0.307. The molecule has 4 N–H and O–H groups in total. The van der Waals surface area contributed by atoms with Crippen LogP contribution in [-0.2, 0) is 30.8 Å². The van der Waals surface area contributed by atoms with E-state index < -0.39 is 54.3 Å². The lowest BCUT2D eigenvalue weighted by atomic mass is 9.53. The molecule has 0 radical (unpaired) electrons. The molecule has 3 heterocycles. The minimum absolute atomic E-state index is 0.0793. The van der Waals surface area contributed by atoms with Gasteiger partial charge in [0.15, 0.2) is 23.9 Å². The lowest BCUT2D eigenvalue weighted by Gasteiger charge is -2.57. The number of phenols is 1. The summed E-state index contributed by atoms with van der Waals surface area (Å²) in [6, 6.07) is 3.90. The zero-order chi connectivity index (χ0) is 23.9. The topological polar surface area (TPSA) is 138 Å². The van der Waals surface area contributed by atoms with E-state index in [9.17, 15) is 25.2 Å². The number of likely N-dealkylation sites (N-methyl/N-ethyl adjacent to an activating group) is 1. The first-order valence-electron chi connectivity index (χ1n) is 11.6. The fraction of sp³-hybridized carbons (Fsp3) is 0.625. The van der Waals surface area contributed by atoms with Crippen molar-refractivity contribution in [2.75, 3.05) is 20.7 Å². The van der Waals surface area contributed by atoms with E-state index in [2.05, 4.69) is 22.8 Å². The van der Waals surface area contributed by atoms with Gasteiger partial charge in [-0.25, -0.2) is 4.79 Å². The molecule has 2 fully saturated rings. The van der Waals surface area contributed by atoms with Gasteiger partial charge in [-0.15, -0.1) is 0 Å². The number of phenolic OH excluding ortho intramolecular Hbond substituents is 1. The number of nitrogens with zero attached hydrogens (tertiary/aromatic N) is 1. The summed E-state index contributed by atoms with van der Waals surface area (Å²) in [7, 11) is 3.26. The Kier molecular flexibility index (Phi) is 5.01. The number of aromatic hydroxyl groups is 1. The van der Waals surface area contributed by atoms with Crippen LogP contribution < -0.4 is 4.74 Å².